The second-order valence-corrected chi connectivity index (χ2v) is 6.77. The molecule has 4 rings (SSSR count). The van der Waals surface area contributed by atoms with Gasteiger partial charge >= 0.3 is 0 Å². The van der Waals surface area contributed by atoms with Crippen LogP contribution in [0.4, 0.5) is 5.69 Å². The van der Waals surface area contributed by atoms with Crippen molar-refractivity contribution in [3.05, 3.63) is 54.4 Å². The first-order chi connectivity index (χ1) is 12.6. The van der Waals surface area contributed by atoms with Crippen molar-refractivity contribution in [1.82, 2.24) is 9.88 Å². The van der Waals surface area contributed by atoms with E-state index in [1.54, 1.807) is 24.2 Å². The molecule has 2 heterocycles. The molecule has 6 heteroatoms. The van der Waals surface area contributed by atoms with Gasteiger partial charge in [-0.05, 0) is 43.5 Å². The molecule has 1 aromatic heterocycles. The van der Waals surface area contributed by atoms with Crippen molar-refractivity contribution < 1.29 is 14.3 Å². The van der Waals surface area contributed by atoms with E-state index in [-0.39, 0.29) is 24.4 Å². The van der Waals surface area contributed by atoms with Gasteiger partial charge in [-0.3, -0.25) is 19.5 Å². The van der Waals surface area contributed by atoms with Gasteiger partial charge in [-0.15, -0.1) is 0 Å². The zero-order valence-corrected chi connectivity index (χ0v) is 14.7. The number of carbonyl (C=O) groups is 2. The van der Waals surface area contributed by atoms with Crippen LogP contribution in [0.5, 0.6) is 5.75 Å². The number of anilines is 1. The topological polar surface area (TPSA) is 62.7 Å². The van der Waals surface area contributed by atoms with E-state index in [0.29, 0.717) is 18.0 Å². The van der Waals surface area contributed by atoms with Gasteiger partial charge < -0.3 is 9.64 Å². The third-order valence-electron chi connectivity index (χ3n) is 4.75. The molecule has 2 aliphatic rings. The molecule has 1 saturated carbocycles. The fourth-order valence-corrected chi connectivity index (χ4v) is 3.24. The van der Waals surface area contributed by atoms with E-state index in [1.807, 2.05) is 41.3 Å². The zero-order chi connectivity index (χ0) is 18.1. The van der Waals surface area contributed by atoms with E-state index >= 15 is 0 Å². The summed E-state index contributed by atoms with van der Waals surface area (Å²) in [4.78, 5) is 33.2. The Hall–Kier alpha value is -2.89. The number of aromatic nitrogens is 1. The number of amides is 2. The Labute approximate surface area is 152 Å². The van der Waals surface area contributed by atoms with Crippen molar-refractivity contribution in [2.24, 2.45) is 0 Å². The van der Waals surface area contributed by atoms with Crippen molar-refractivity contribution in [2.75, 3.05) is 11.4 Å². The van der Waals surface area contributed by atoms with Crippen LogP contribution in [0.25, 0.3) is 0 Å². The number of rotatable bonds is 5. The van der Waals surface area contributed by atoms with Crippen LogP contribution >= 0.6 is 0 Å². The number of benzene rings is 1. The zero-order valence-electron chi connectivity index (χ0n) is 14.7. The number of pyridine rings is 1. The molecule has 0 radical (unpaired) electrons. The SMILES string of the molecule is C[C@@H]1Oc2ccccc2N(CC(=O)N(Cc2cccnc2)C2CC2)C1=O. The molecule has 1 aromatic carbocycles. The second kappa shape index (κ2) is 6.78. The maximum atomic E-state index is 13.0. The summed E-state index contributed by atoms with van der Waals surface area (Å²) in [6.07, 6.45) is 4.93. The van der Waals surface area contributed by atoms with Gasteiger partial charge in [-0.2, -0.15) is 0 Å². The highest BCUT2D eigenvalue weighted by Gasteiger charge is 2.37. The van der Waals surface area contributed by atoms with Gasteiger partial charge in [-0.25, -0.2) is 0 Å². The smallest absolute Gasteiger partial charge is 0.268 e. The van der Waals surface area contributed by atoms with E-state index in [1.165, 1.54) is 0 Å². The lowest BCUT2D eigenvalue weighted by atomic mass is 10.2. The molecule has 2 amide bonds. The number of carbonyl (C=O) groups excluding carboxylic acids is 2. The van der Waals surface area contributed by atoms with E-state index < -0.39 is 6.10 Å². The molecule has 1 atom stereocenters. The Bertz CT molecular complexity index is 820. The minimum atomic E-state index is -0.592. The summed E-state index contributed by atoms with van der Waals surface area (Å²) in [6, 6.07) is 11.4. The highest BCUT2D eigenvalue weighted by molar-refractivity contribution is 6.03. The molecule has 26 heavy (non-hydrogen) atoms. The predicted octanol–water partition coefficient (Wildman–Crippen LogP) is 2.39. The van der Waals surface area contributed by atoms with Crippen LogP contribution in [0, 0.1) is 0 Å². The summed E-state index contributed by atoms with van der Waals surface area (Å²) in [5.74, 6) is 0.403. The van der Waals surface area contributed by atoms with Crippen molar-refractivity contribution in [3.63, 3.8) is 0 Å². The Morgan fingerprint density at radius 2 is 2.08 bits per heavy atom. The van der Waals surface area contributed by atoms with Gasteiger partial charge in [0.05, 0.1) is 5.69 Å². The van der Waals surface area contributed by atoms with Crippen LogP contribution in [0.2, 0.25) is 0 Å². The third kappa shape index (κ3) is 3.27. The van der Waals surface area contributed by atoms with E-state index in [0.717, 1.165) is 18.4 Å². The Morgan fingerprint density at radius 3 is 2.81 bits per heavy atom. The highest BCUT2D eigenvalue weighted by Crippen LogP contribution is 2.34. The molecule has 1 aliphatic carbocycles. The Morgan fingerprint density at radius 1 is 1.27 bits per heavy atom. The van der Waals surface area contributed by atoms with Crippen molar-refractivity contribution in [1.29, 1.82) is 0 Å². The Kier molecular flexibility index (Phi) is 4.32. The molecule has 0 unspecified atom stereocenters. The molecular formula is C20H21N3O3. The molecular weight excluding hydrogens is 330 g/mol. The van der Waals surface area contributed by atoms with Gasteiger partial charge in [0.1, 0.15) is 12.3 Å². The summed E-state index contributed by atoms with van der Waals surface area (Å²) in [7, 11) is 0. The number of hydrogen-bond acceptors (Lipinski definition) is 4. The van der Waals surface area contributed by atoms with Crippen LogP contribution in [-0.2, 0) is 16.1 Å². The lowest BCUT2D eigenvalue weighted by Crippen LogP contribution is -2.49. The summed E-state index contributed by atoms with van der Waals surface area (Å²) >= 11 is 0. The van der Waals surface area contributed by atoms with Crippen LogP contribution in [0.3, 0.4) is 0 Å². The number of hydrogen-bond donors (Lipinski definition) is 0. The van der Waals surface area contributed by atoms with E-state index in [2.05, 4.69) is 4.98 Å². The largest absolute Gasteiger partial charge is 0.479 e. The first kappa shape index (κ1) is 16.6. The molecule has 0 spiro atoms. The maximum absolute atomic E-state index is 13.0. The average Bonchev–Trinajstić information content (AvgIpc) is 3.49. The lowest BCUT2D eigenvalue weighted by molar-refractivity contribution is -0.134. The second-order valence-electron chi connectivity index (χ2n) is 6.77. The van der Waals surface area contributed by atoms with Gasteiger partial charge in [0, 0.05) is 25.0 Å². The summed E-state index contributed by atoms with van der Waals surface area (Å²) < 4.78 is 5.65. The highest BCUT2D eigenvalue weighted by atomic mass is 16.5. The first-order valence-corrected chi connectivity index (χ1v) is 8.89. The quantitative estimate of drug-likeness (QED) is 0.830. The first-order valence-electron chi connectivity index (χ1n) is 8.89. The van der Waals surface area contributed by atoms with E-state index in [9.17, 15) is 9.59 Å². The molecule has 1 aliphatic heterocycles. The number of nitrogens with zero attached hydrogens (tertiary/aromatic N) is 3. The van der Waals surface area contributed by atoms with Crippen LogP contribution < -0.4 is 9.64 Å². The summed E-state index contributed by atoms with van der Waals surface area (Å²) in [5.41, 5.74) is 1.65. The third-order valence-corrected chi connectivity index (χ3v) is 4.75. The number of ether oxygens (including phenoxy) is 1. The Balaban J connectivity index is 1.55. The maximum Gasteiger partial charge on any atom is 0.268 e. The molecule has 134 valence electrons. The summed E-state index contributed by atoms with van der Waals surface area (Å²) in [5, 5.41) is 0. The monoisotopic (exact) mass is 351 g/mol. The number of para-hydroxylation sites is 2. The van der Waals surface area contributed by atoms with E-state index in [4.69, 9.17) is 4.74 Å². The minimum Gasteiger partial charge on any atom is -0.479 e. The molecule has 0 saturated heterocycles. The number of fused-ring (bicyclic) bond motifs is 1. The molecule has 0 N–H and O–H groups in total. The summed E-state index contributed by atoms with van der Waals surface area (Å²) in [6.45, 7) is 2.26. The molecule has 2 aromatic rings. The standard InChI is InChI=1S/C20H21N3O3/c1-14-20(25)23(17-6-2-3-7-18(17)26-14)13-19(24)22(16-8-9-16)12-15-5-4-10-21-11-15/h2-7,10-11,14,16H,8-9,12-13H2,1H3/t14-/m0/s1. The predicted molar refractivity (Wildman–Crippen MR) is 96.7 cm³/mol. The van der Waals surface area contributed by atoms with Crippen LogP contribution in [0.1, 0.15) is 25.3 Å². The van der Waals surface area contributed by atoms with Gasteiger partial charge in [-0.1, -0.05) is 18.2 Å². The lowest BCUT2D eigenvalue weighted by Gasteiger charge is -2.34. The van der Waals surface area contributed by atoms with Gasteiger partial charge in [0.25, 0.3) is 5.91 Å². The molecule has 6 nitrogen and oxygen atoms in total. The van der Waals surface area contributed by atoms with Crippen molar-refractivity contribution >= 4 is 17.5 Å². The molecule has 0 bridgehead atoms. The van der Waals surface area contributed by atoms with Gasteiger partial charge in [0.2, 0.25) is 5.91 Å². The minimum absolute atomic E-state index is 0.0281. The van der Waals surface area contributed by atoms with Crippen LogP contribution in [-0.4, -0.2) is 40.4 Å². The van der Waals surface area contributed by atoms with Gasteiger partial charge in [0.15, 0.2) is 6.10 Å². The molecule has 1 fully saturated rings. The van der Waals surface area contributed by atoms with Crippen LogP contribution in [0.15, 0.2) is 48.8 Å². The fourth-order valence-electron chi connectivity index (χ4n) is 3.24. The van der Waals surface area contributed by atoms with Crippen molar-refractivity contribution in [2.45, 2.75) is 38.5 Å². The average molecular weight is 351 g/mol. The fraction of sp³-hybridized carbons (Fsp3) is 0.350. The normalized spacial score (nSPS) is 18.9. The van der Waals surface area contributed by atoms with Crippen molar-refractivity contribution in [3.8, 4) is 5.75 Å².